The van der Waals surface area contributed by atoms with Crippen LogP contribution in [0.3, 0.4) is 0 Å². The third-order valence-electron chi connectivity index (χ3n) is 3.90. The average molecular weight is 351 g/mol. The number of carbonyl (C=O) groups excluding carboxylic acids is 1. The minimum Gasteiger partial charge on any atom is -0.269 e. The fourth-order valence-corrected chi connectivity index (χ4v) is 3.99. The maximum absolute atomic E-state index is 13.0. The Bertz CT molecular complexity index is 1030. The smallest absolute Gasteiger partial charge is 0.267 e. The van der Waals surface area contributed by atoms with Crippen molar-refractivity contribution in [2.24, 2.45) is 0 Å². The van der Waals surface area contributed by atoms with Crippen molar-refractivity contribution in [3.8, 4) is 0 Å². The molecule has 0 fully saturated rings. The molecule has 3 aromatic rings. The van der Waals surface area contributed by atoms with Crippen molar-refractivity contribution < 1.29 is 13.2 Å². The Morgan fingerprint density at radius 3 is 2.24 bits per heavy atom. The van der Waals surface area contributed by atoms with Gasteiger partial charge in [0.05, 0.1) is 11.4 Å². The highest BCUT2D eigenvalue weighted by atomic mass is 32.2. The molecule has 0 heterocycles. The van der Waals surface area contributed by atoms with Gasteiger partial charge in [-0.2, -0.15) is 0 Å². The van der Waals surface area contributed by atoms with Gasteiger partial charge in [-0.05, 0) is 34.5 Å². The fourth-order valence-electron chi connectivity index (χ4n) is 2.59. The molecule has 0 spiro atoms. The zero-order valence-electron chi connectivity index (χ0n) is 13.5. The first-order valence-corrected chi connectivity index (χ1v) is 9.18. The summed E-state index contributed by atoms with van der Waals surface area (Å²) in [5.74, 6) is -0.656. The van der Waals surface area contributed by atoms with E-state index in [-0.39, 0.29) is 11.4 Å². The molecule has 0 aliphatic heterocycles. The minimum atomic E-state index is -3.99. The molecule has 0 unspecified atom stereocenters. The third-order valence-corrected chi connectivity index (χ3v) is 5.64. The first kappa shape index (κ1) is 16.9. The fraction of sp³-hybridized carbons (Fsp3) is 0.0500. The number of nitrogens with zero attached hydrogens (tertiary/aromatic N) is 1. The van der Waals surface area contributed by atoms with E-state index >= 15 is 0 Å². The number of rotatable bonds is 5. The minimum absolute atomic E-state index is 0.0408. The van der Waals surface area contributed by atoms with Crippen molar-refractivity contribution in [3.63, 3.8) is 0 Å². The Morgan fingerprint density at radius 2 is 1.56 bits per heavy atom. The summed E-state index contributed by atoms with van der Waals surface area (Å²) in [5.41, 5.74) is 0.724. The van der Waals surface area contributed by atoms with Crippen LogP contribution in [0.5, 0.6) is 0 Å². The number of hydrogen-bond donors (Lipinski definition) is 0. The van der Waals surface area contributed by atoms with Crippen molar-refractivity contribution in [1.29, 1.82) is 0 Å². The van der Waals surface area contributed by atoms with E-state index in [9.17, 15) is 13.2 Å². The SMILES string of the molecule is C=CC(=O)N(Cc1ccccc1)S(=O)(=O)c1ccc2ccccc2c1. The van der Waals surface area contributed by atoms with E-state index in [2.05, 4.69) is 6.58 Å². The highest BCUT2D eigenvalue weighted by molar-refractivity contribution is 7.89. The molecule has 3 rings (SSSR count). The van der Waals surface area contributed by atoms with Crippen LogP contribution in [0.1, 0.15) is 5.56 Å². The van der Waals surface area contributed by atoms with Gasteiger partial charge in [-0.3, -0.25) is 4.79 Å². The van der Waals surface area contributed by atoms with Crippen LogP contribution in [0, 0.1) is 0 Å². The number of hydrogen-bond acceptors (Lipinski definition) is 3. The van der Waals surface area contributed by atoms with Crippen molar-refractivity contribution in [2.45, 2.75) is 11.4 Å². The van der Waals surface area contributed by atoms with E-state index in [4.69, 9.17) is 0 Å². The Balaban J connectivity index is 2.05. The quantitative estimate of drug-likeness (QED) is 0.658. The van der Waals surface area contributed by atoms with E-state index in [0.29, 0.717) is 0 Å². The highest BCUT2D eigenvalue weighted by Crippen LogP contribution is 2.23. The summed E-state index contributed by atoms with van der Waals surface area (Å²) in [6.07, 6.45) is 1.02. The van der Waals surface area contributed by atoms with Gasteiger partial charge in [-0.15, -0.1) is 0 Å². The standard InChI is InChI=1S/C20H17NO3S/c1-2-20(22)21(15-16-8-4-3-5-9-16)25(23,24)19-13-12-17-10-6-7-11-18(17)14-19/h2-14H,1,15H2. The second-order valence-electron chi connectivity index (χ2n) is 5.55. The van der Waals surface area contributed by atoms with Gasteiger partial charge in [0, 0.05) is 0 Å². The van der Waals surface area contributed by atoms with Crippen LogP contribution < -0.4 is 0 Å². The van der Waals surface area contributed by atoms with Crippen LogP contribution in [-0.2, 0) is 21.4 Å². The maximum atomic E-state index is 13.0. The Labute approximate surface area is 147 Å². The summed E-state index contributed by atoms with van der Waals surface area (Å²) in [7, 11) is -3.99. The molecule has 5 heteroatoms. The lowest BCUT2D eigenvalue weighted by Gasteiger charge is -2.21. The second-order valence-corrected chi connectivity index (χ2v) is 7.41. The van der Waals surface area contributed by atoms with Crippen LogP contribution in [0.25, 0.3) is 10.8 Å². The van der Waals surface area contributed by atoms with E-state index in [1.165, 1.54) is 6.07 Å². The monoisotopic (exact) mass is 351 g/mol. The molecule has 126 valence electrons. The summed E-state index contributed by atoms with van der Waals surface area (Å²) in [6, 6.07) is 21.3. The zero-order valence-corrected chi connectivity index (χ0v) is 14.3. The summed E-state index contributed by atoms with van der Waals surface area (Å²) in [4.78, 5) is 12.3. The summed E-state index contributed by atoms with van der Waals surface area (Å²) < 4.78 is 26.9. The number of carbonyl (C=O) groups is 1. The van der Waals surface area contributed by atoms with E-state index in [1.54, 1.807) is 36.4 Å². The van der Waals surface area contributed by atoms with Gasteiger partial charge in [0.2, 0.25) is 0 Å². The highest BCUT2D eigenvalue weighted by Gasteiger charge is 2.28. The van der Waals surface area contributed by atoms with Gasteiger partial charge in [0.1, 0.15) is 0 Å². The lowest BCUT2D eigenvalue weighted by atomic mass is 10.1. The molecule has 0 aliphatic rings. The van der Waals surface area contributed by atoms with Gasteiger partial charge in [0.25, 0.3) is 15.9 Å². The van der Waals surface area contributed by atoms with Crippen molar-refractivity contribution in [1.82, 2.24) is 4.31 Å². The molecule has 0 N–H and O–H groups in total. The maximum Gasteiger partial charge on any atom is 0.267 e. The summed E-state index contributed by atoms with van der Waals surface area (Å²) >= 11 is 0. The van der Waals surface area contributed by atoms with Crippen LogP contribution in [0.2, 0.25) is 0 Å². The number of sulfonamides is 1. The number of amides is 1. The molecule has 0 saturated carbocycles. The zero-order chi connectivity index (χ0) is 17.9. The first-order chi connectivity index (χ1) is 12.0. The van der Waals surface area contributed by atoms with Crippen LogP contribution in [-0.4, -0.2) is 18.6 Å². The van der Waals surface area contributed by atoms with Gasteiger partial charge >= 0.3 is 0 Å². The number of benzene rings is 3. The van der Waals surface area contributed by atoms with Crippen molar-refractivity contribution in [2.75, 3.05) is 0 Å². The van der Waals surface area contributed by atoms with E-state index < -0.39 is 15.9 Å². The van der Waals surface area contributed by atoms with E-state index in [0.717, 1.165) is 26.7 Å². The average Bonchev–Trinajstić information content (AvgIpc) is 2.65. The molecule has 3 aromatic carbocycles. The molecule has 1 amide bonds. The van der Waals surface area contributed by atoms with Crippen LogP contribution >= 0.6 is 0 Å². The molecule has 0 aliphatic carbocycles. The normalized spacial score (nSPS) is 11.2. The Hall–Kier alpha value is -2.92. The van der Waals surface area contributed by atoms with Crippen molar-refractivity contribution >= 4 is 26.7 Å². The molecule has 0 radical (unpaired) electrons. The summed E-state index contributed by atoms with van der Waals surface area (Å²) in [5, 5.41) is 1.74. The lowest BCUT2D eigenvalue weighted by Crippen LogP contribution is -2.35. The predicted octanol–water partition coefficient (Wildman–Crippen LogP) is 3.74. The molecular formula is C20H17NO3S. The molecule has 0 atom stereocenters. The molecule has 0 bridgehead atoms. The molecule has 0 saturated heterocycles. The second kappa shape index (κ2) is 6.91. The first-order valence-electron chi connectivity index (χ1n) is 7.74. The van der Waals surface area contributed by atoms with Gasteiger partial charge in [-0.1, -0.05) is 67.2 Å². The van der Waals surface area contributed by atoms with Crippen molar-refractivity contribution in [3.05, 3.63) is 91.0 Å². The van der Waals surface area contributed by atoms with Gasteiger partial charge in [-0.25, -0.2) is 12.7 Å². The van der Waals surface area contributed by atoms with Crippen LogP contribution in [0.4, 0.5) is 0 Å². The number of fused-ring (bicyclic) bond motifs is 1. The summed E-state index contributed by atoms with van der Waals surface area (Å²) in [6.45, 7) is 3.38. The van der Waals surface area contributed by atoms with Crippen LogP contribution in [0.15, 0.2) is 90.3 Å². The molecule has 0 aromatic heterocycles. The lowest BCUT2D eigenvalue weighted by molar-refractivity contribution is -0.121. The molecule has 4 nitrogen and oxygen atoms in total. The van der Waals surface area contributed by atoms with Gasteiger partial charge in [0.15, 0.2) is 0 Å². The molecule has 25 heavy (non-hydrogen) atoms. The largest absolute Gasteiger partial charge is 0.269 e. The Morgan fingerprint density at radius 1 is 0.920 bits per heavy atom. The van der Waals surface area contributed by atoms with Gasteiger partial charge < -0.3 is 0 Å². The third kappa shape index (κ3) is 3.46. The predicted molar refractivity (Wildman–Crippen MR) is 98.3 cm³/mol. The molecular weight excluding hydrogens is 334 g/mol. The topological polar surface area (TPSA) is 54.5 Å². The van der Waals surface area contributed by atoms with E-state index in [1.807, 2.05) is 30.3 Å². The Kier molecular flexibility index (Phi) is 4.67.